The van der Waals surface area contributed by atoms with E-state index in [1.165, 1.54) is 11.1 Å². The van der Waals surface area contributed by atoms with Gasteiger partial charge in [0.25, 0.3) is 0 Å². The van der Waals surface area contributed by atoms with Gasteiger partial charge in [-0.2, -0.15) is 0 Å². The number of hydrogen-bond donors (Lipinski definition) is 0. The minimum Gasteiger partial charge on any atom is -0.497 e. The molecule has 0 atom stereocenters. The topological polar surface area (TPSA) is 26.3 Å². The van der Waals surface area contributed by atoms with Gasteiger partial charge in [-0.25, -0.2) is 0 Å². The highest BCUT2D eigenvalue weighted by atomic mass is 79.9. The molecule has 0 saturated carbocycles. The lowest BCUT2D eigenvalue weighted by Gasteiger charge is -2.13. The van der Waals surface area contributed by atoms with Gasteiger partial charge in [0.1, 0.15) is 5.75 Å². The van der Waals surface area contributed by atoms with Crippen molar-refractivity contribution in [2.24, 2.45) is 0 Å². The molecule has 0 aromatic heterocycles. The molecular weight excluding hydrogens is 280 g/mol. The third kappa shape index (κ3) is 3.19. The molecule has 0 radical (unpaired) electrons. The summed E-state index contributed by atoms with van der Waals surface area (Å²) < 4.78 is 6.28. The van der Waals surface area contributed by atoms with Gasteiger partial charge in [0.2, 0.25) is 0 Å². The molecule has 0 unspecified atom stereocenters. The van der Waals surface area contributed by atoms with E-state index in [9.17, 15) is 4.79 Å². The zero-order valence-corrected chi connectivity index (χ0v) is 11.4. The Hall–Kier alpha value is -1.09. The van der Waals surface area contributed by atoms with E-state index >= 15 is 0 Å². The van der Waals surface area contributed by atoms with E-state index in [-0.39, 0.29) is 5.78 Å². The Morgan fingerprint density at radius 1 is 1.35 bits per heavy atom. The molecule has 0 amide bonds. The minimum atomic E-state index is 0.255. The predicted octanol–water partition coefficient (Wildman–Crippen LogP) is 3.68. The molecule has 2 nitrogen and oxygen atoms in total. The van der Waals surface area contributed by atoms with Crippen LogP contribution in [-0.2, 0) is 11.2 Å². The fourth-order valence-corrected chi connectivity index (χ4v) is 2.45. The molecule has 3 heteroatoms. The maximum Gasteiger partial charge on any atom is 0.155 e. The molecule has 1 aliphatic rings. The van der Waals surface area contributed by atoms with Crippen molar-refractivity contribution in [3.05, 3.63) is 39.9 Å². The number of rotatable bonds is 3. The lowest BCUT2D eigenvalue weighted by atomic mass is 9.93. The maximum atomic E-state index is 11.4. The summed E-state index contributed by atoms with van der Waals surface area (Å²) in [5.41, 5.74) is 2.39. The first-order valence-electron chi connectivity index (χ1n) is 5.74. The van der Waals surface area contributed by atoms with E-state index in [4.69, 9.17) is 4.74 Å². The Labute approximate surface area is 110 Å². The number of allylic oxidation sites excluding steroid dienone is 2. The van der Waals surface area contributed by atoms with Gasteiger partial charge < -0.3 is 4.74 Å². The molecule has 17 heavy (non-hydrogen) atoms. The van der Waals surface area contributed by atoms with Crippen LogP contribution >= 0.6 is 15.9 Å². The van der Waals surface area contributed by atoms with Crippen molar-refractivity contribution in [1.82, 2.24) is 0 Å². The first-order chi connectivity index (χ1) is 8.19. The second kappa shape index (κ2) is 5.50. The van der Waals surface area contributed by atoms with Crippen LogP contribution in [0.5, 0.6) is 5.75 Å². The molecular formula is C14H15BrO2. The molecule has 0 heterocycles. The van der Waals surface area contributed by atoms with Crippen molar-refractivity contribution in [2.75, 3.05) is 7.11 Å². The molecule has 0 saturated heterocycles. The van der Waals surface area contributed by atoms with Crippen LogP contribution in [0.15, 0.2) is 34.3 Å². The van der Waals surface area contributed by atoms with Crippen molar-refractivity contribution < 1.29 is 9.53 Å². The number of ether oxygens (including phenoxy) is 1. The summed E-state index contributed by atoms with van der Waals surface area (Å²) in [6.45, 7) is 0. The SMILES string of the molecule is COc1ccc(Br)c(CC2=CC(=O)CCC2)c1. The van der Waals surface area contributed by atoms with Gasteiger partial charge in [-0.3, -0.25) is 4.79 Å². The number of hydrogen-bond acceptors (Lipinski definition) is 2. The Morgan fingerprint density at radius 3 is 2.88 bits per heavy atom. The number of halogens is 1. The maximum absolute atomic E-state index is 11.4. The van der Waals surface area contributed by atoms with Crippen molar-refractivity contribution >= 4 is 21.7 Å². The van der Waals surface area contributed by atoms with Crippen molar-refractivity contribution in [3.8, 4) is 5.75 Å². The summed E-state index contributed by atoms with van der Waals surface area (Å²) in [5, 5.41) is 0. The van der Waals surface area contributed by atoms with Gasteiger partial charge in [-0.15, -0.1) is 0 Å². The van der Waals surface area contributed by atoms with Crippen molar-refractivity contribution in [1.29, 1.82) is 0 Å². The first-order valence-corrected chi connectivity index (χ1v) is 6.53. The third-order valence-corrected chi connectivity index (χ3v) is 3.73. The zero-order chi connectivity index (χ0) is 12.3. The molecule has 1 aliphatic carbocycles. The fraction of sp³-hybridized carbons (Fsp3) is 0.357. The third-order valence-electron chi connectivity index (χ3n) is 2.96. The summed E-state index contributed by atoms with van der Waals surface area (Å²) in [5.74, 6) is 1.11. The largest absolute Gasteiger partial charge is 0.497 e. The summed E-state index contributed by atoms with van der Waals surface area (Å²) in [6, 6.07) is 5.93. The summed E-state index contributed by atoms with van der Waals surface area (Å²) >= 11 is 3.53. The van der Waals surface area contributed by atoms with Gasteiger partial charge in [0.15, 0.2) is 5.78 Å². The van der Waals surface area contributed by atoms with E-state index < -0.39 is 0 Å². The van der Waals surface area contributed by atoms with Gasteiger partial charge >= 0.3 is 0 Å². The summed E-state index contributed by atoms with van der Waals surface area (Å²) in [4.78, 5) is 11.4. The van der Waals surface area contributed by atoms with Crippen molar-refractivity contribution in [3.63, 3.8) is 0 Å². The molecule has 90 valence electrons. The number of methoxy groups -OCH3 is 1. The van der Waals surface area contributed by atoms with Crippen molar-refractivity contribution in [2.45, 2.75) is 25.7 Å². The van der Waals surface area contributed by atoms with Gasteiger partial charge in [-0.1, -0.05) is 21.5 Å². The summed E-state index contributed by atoms with van der Waals surface area (Å²) in [7, 11) is 1.66. The Balaban J connectivity index is 2.20. The van der Waals surface area contributed by atoms with E-state index in [1.807, 2.05) is 18.2 Å². The van der Waals surface area contributed by atoms with E-state index in [1.54, 1.807) is 13.2 Å². The Kier molecular flexibility index (Phi) is 4.00. The molecule has 0 bridgehead atoms. The Morgan fingerprint density at radius 2 is 2.18 bits per heavy atom. The van der Waals surface area contributed by atoms with Crippen LogP contribution in [0.25, 0.3) is 0 Å². The normalized spacial score (nSPS) is 15.6. The lowest BCUT2D eigenvalue weighted by molar-refractivity contribution is -0.115. The highest BCUT2D eigenvalue weighted by Crippen LogP contribution is 2.27. The second-order valence-electron chi connectivity index (χ2n) is 4.26. The second-order valence-corrected chi connectivity index (χ2v) is 5.11. The minimum absolute atomic E-state index is 0.255. The smallest absolute Gasteiger partial charge is 0.155 e. The fourth-order valence-electron chi connectivity index (χ4n) is 2.06. The zero-order valence-electron chi connectivity index (χ0n) is 9.83. The molecule has 2 rings (SSSR count). The van der Waals surface area contributed by atoms with Gasteiger partial charge in [0, 0.05) is 10.9 Å². The van der Waals surface area contributed by atoms with E-state index in [0.29, 0.717) is 6.42 Å². The standard InChI is InChI=1S/C14H15BrO2/c1-17-13-5-6-14(15)11(9-13)7-10-3-2-4-12(16)8-10/h5-6,8-9H,2-4,7H2,1H3. The number of benzene rings is 1. The van der Waals surface area contributed by atoms with E-state index in [2.05, 4.69) is 15.9 Å². The predicted molar refractivity (Wildman–Crippen MR) is 71.3 cm³/mol. The van der Waals surface area contributed by atoms with E-state index in [0.717, 1.165) is 29.5 Å². The highest BCUT2D eigenvalue weighted by molar-refractivity contribution is 9.10. The lowest BCUT2D eigenvalue weighted by Crippen LogP contribution is -2.05. The first kappa shape index (κ1) is 12.4. The monoisotopic (exact) mass is 294 g/mol. The molecule has 0 N–H and O–H groups in total. The molecule has 1 aromatic rings. The molecule has 1 aromatic carbocycles. The quantitative estimate of drug-likeness (QED) is 0.850. The number of ketones is 1. The average Bonchev–Trinajstić information content (AvgIpc) is 2.32. The van der Waals surface area contributed by atoms with Crippen LogP contribution in [0.2, 0.25) is 0 Å². The van der Waals surface area contributed by atoms with Crippen LogP contribution < -0.4 is 4.74 Å². The average molecular weight is 295 g/mol. The summed E-state index contributed by atoms with van der Waals surface area (Å²) in [6.07, 6.45) is 5.32. The van der Waals surface area contributed by atoms with Crippen LogP contribution in [-0.4, -0.2) is 12.9 Å². The molecule has 0 aliphatic heterocycles. The van der Waals surface area contributed by atoms with Crippen LogP contribution in [0.1, 0.15) is 24.8 Å². The molecule has 0 fully saturated rings. The van der Waals surface area contributed by atoms with Crippen LogP contribution in [0.3, 0.4) is 0 Å². The Bertz CT molecular complexity index is 463. The van der Waals surface area contributed by atoms with Gasteiger partial charge in [0.05, 0.1) is 7.11 Å². The van der Waals surface area contributed by atoms with Crippen LogP contribution in [0, 0.1) is 0 Å². The van der Waals surface area contributed by atoms with Gasteiger partial charge in [-0.05, 0) is 49.1 Å². The number of carbonyl (C=O) groups excluding carboxylic acids is 1. The number of carbonyl (C=O) groups is 1. The molecule has 0 spiro atoms. The highest BCUT2D eigenvalue weighted by Gasteiger charge is 2.12. The van der Waals surface area contributed by atoms with Crippen LogP contribution in [0.4, 0.5) is 0 Å².